The first-order chi connectivity index (χ1) is 10.1. The molecule has 2 nitrogen and oxygen atoms in total. The fourth-order valence-electron chi connectivity index (χ4n) is 2.86. The maximum atomic E-state index is 5.93. The Bertz CT molecular complexity index is 657. The molecule has 0 amide bonds. The number of nitrogens with zero attached hydrogens (tertiary/aromatic N) is 1. The van der Waals surface area contributed by atoms with Gasteiger partial charge in [-0.1, -0.05) is 29.8 Å². The summed E-state index contributed by atoms with van der Waals surface area (Å²) in [6, 6.07) is 9.08. The van der Waals surface area contributed by atoms with Crippen LogP contribution in [0.2, 0.25) is 5.15 Å². The van der Waals surface area contributed by atoms with Gasteiger partial charge in [0.1, 0.15) is 5.15 Å². The number of anilines is 1. The van der Waals surface area contributed by atoms with Gasteiger partial charge < -0.3 is 5.32 Å². The molecule has 1 aromatic heterocycles. The lowest BCUT2D eigenvalue weighted by atomic mass is 9.89. The van der Waals surface area contributed by atoms with Crippen LogP contribution in [0.3, 0.4) is 0 Å². The normalized spacial score (nSPS) is 15.4. The van der Waals surface area contributed by atoms with E-state index in [1.807, 2.05) is 6.07 Å². The van der Waals surface area contributed by atoms with E-state index in [0.717, 1.165) is 10.2 Å². The van der Waals surface area contributed by atoms with Crippen LogP contribution >= 0.6 is 27.5 Å². The first-order valence-electron chi connectivity index (χ1n) is 7.33. The van der Waals surface area contributed by atoms with Gasteiger partial charge in [-0.15, -0.1) is 0 Å². The summed E-state index contributed by atoms with van der Waals surface area (Å²) in [5, 5.41) is 3.97. The molecule has 0 aliphatic heterocycles. The van der Waals surface area contributed by atoms with Crippen LogP contribution in [0.4, 0.5) is 5.69 Å². The van der Waals surface area contributed by atoms with E-state index in [9.17, 15) is 0 Å². The van der Waals surface area contributed by atoms with Crippen molar-refractivity contribution >= 4 is 33.2 Å². The second-order valence-corrected chi connectivity index (χ2v) is 6.81. The van der Waals surface area contributed by atoms with Crippen molar-refractivity contribution in [1.29, 1.82) is 0 Å². The summed E-state index contributed by atoms with van der Waals surface area (Å²) in [5.41, 5.74) is 5.33. The lowest BCUT2D eigenvalue weighted by Gasteiger charge is -2.20. The first-order valence-corrected chi connectivity index (χ1v) is 8.50. The van der Waals surface area contributed by atoms with Gasteiger partial charge in [-0.3, -0.25) is 0 Å². The third kappa shape index (κ3) is 3.41. The van der Waals surface area contributed by atoms with E-state index in [1.165, 1.54) is 42.4 Å². The van der Waals surface area contributed by atoms with Crippen LogP contribution in [0.1, 0.15) is 42.5 Å². The number of halogens is 2. The average molecular weight is 366 g/mol. The Labute approximate surface area is 139 Å². The zero-order chi connectivity index (χ0) is 14.8. The quantitative estimate of drug-likeness (QED) is 0.721. The molecule has 21 heavy (non-hydrogen) atoms. The maximum Gasteiger partial charge on any atom is 0.143 e. The second-order valence-electron chi connectivity index (χ2n) is 5.60. The molecule has 1 heterocycles. The van der Waals surface area contributed by atoms with Crippen molar-refractivity contribution < 1.29 is 0 Å². The highest BCUT2D eigenvalue weighted by molar-refractivity contribution is 9.10. The van der Waals surface area contributed by atoms with Gasteiger partial charge in [0.25, 0.3) is 0 Å². The number of aryl methyl sites for hydroxylation is 2. The molecule has 1 atom stereocenters. The van der Waals surface area contributed by atoms with Crippen LogP contribution in [0.25, 0.3) is 0 Å². The van der Waals surface area contributed by atoms with Crippen molar-refractivity contribution in [2.45, 2.75) is 38.6 Å². The van der Waals surface area contributed by atoms with Crippen LogP contribution in [-0.4, -0.2) is 4.98 Å². The van der Waals surface area contributed by atoms with Gasteiger partial charge in [-0.2, -0.15) is 0 Å². The van der Waals surface area contributed by atoms with E-state index in [1.54, 1.807) is 6.20 Å². The van der Waals surface area contributed by atoms with Gasteiger partial charge in [0.05, 0.1) is 16.4 Å². The number of fused-ring (bicyclic) bond motifs is 1. The molecule has 0 fully saturated rings. The van der Waals surface area contributed by atoms with E-state index in [4.69, 9.17) is 11.6 Å². The molecule has 0 saturated heterocycles. The highest BCUT2D eigenvalue weighted by Crippen LogP contribution is 2.28. The standard InChI is InChI=1S/C17H18BrClN2/c1-11(21-15-9-16(18)17(19)20-10-15)13-7-6-12-4-2-3-5-14(12)8-13/h6-11,21H,2-5H2,1H3. The Balaban J connectivity index is 1.78. The molecule has 1 unspecified atom stereocenters. The second kappa shape index (κ2) is 6.37. The molecule has 0 radical (unpaired) electrons. The molecule has 0 bridgehead atoms. The minimum atomic E-state index is 0.243. The molecule has 3 rings (SSSR count). The van der Waals surface area contributed by atoms with Crippen molar-refractivity contribution in [3.05, 3.63) is 56.8 Å². The summed E-state index contributed by atoms with van der Waals surface area (Å²) in [5.74, 6) is 0. The van der Waals surface area contributed by atoms with Gasteiger partial charge >= 0.3 is 0 Å². The third-order valence-electron chi connectivity index (χ3n) is 4.05. The molecular weight excluding hydrogens is 348 g/mol. The van der Waals surface area contributed by atoms with Gasteiger partial charge in [0, 0.05) is 6.04 Å². The smallest absolute Gasteiger partial charge is 0.143 e. The lowest BCUT2D eigenvalue weighted by molar-refractivity contribution is 0.683. The molecule has 1 aromatic carbocycles. The molecule has 1 aliphatic rings. The number of hydrogen-bond donors (Lipinski definition) is 1. The van der Waals surface area contributed by atoms with Crippen LogP contribution in [0, 0.1) is 0 Å². The van der Waals surface area contributed by atoms with Crippen molar-refractivity contribution in [3.63, 3.8) is 0 Å². The zero-order valence-electron chi connectivity index (χ0n) is 12.0. The molecule has 110 valence electrons. The van der Waals surface area contributed by atoms with Crippen LogP contribution in [0.5, 0.6) is 0 Å². The maximum absolute atomic E-state index is 5.93. The van der Waals surface area contributed by atoms with E-state index < -0.39 is 0 Å². The van der Waals surface area contributed by atoms with Crippen molar-refractivity contribution in [3.8, 4) is 0 Å². The predicted octanol–water partition coefficient (Wildman–Crippen LogP) is 5.55. The number of benzene rings is 1. The largest absolute Gasteiger partial charge is 0.377 e. The average Bonchev–Trinajstić information content (AvgIpc) is 2.50. The topological polar surface area (TPSA) is 24.9 Å². The van der Waals surface area contributed by atoms with Crippen molar-refractivity contribution in [1.82, 2.24) is 4.98 Å². The molecule has 1 N–H and O–H groups in total. The van der Waals surface area contributed by atoms with Crippen molar-refractivity contribution in [2.75, 3.05) is 5.32 Å². The molecular formula is C17H18BrClN2. The summed E-state index contributed by atoms with van der Waals surface area (Å²) < 4.78 is 0.812. The highest BCUT2D eigenvalue weighted by Gasteiger charge is 2.13. The minimum absolute atomic E-state index is 0.243. The number of rotatable bonds is 3. The SMILES string of the molecule is CC(Nc1cnc(Cl)c(Br)c1)c1ccc2c(c1)CCCC2. The summed E-state index contributed by atoms with van der Waals surface area (Å²) in [7, 11) is 0. The lowest BCUT2D eigenvalue weighted by Crippen LogP contribution is -2.09. The molecule has 0 spiro atoms. The van der Waals surface area contributed by atoms with Crippen LogP contribution in [0.15, 0.2) is 34.9 Å². The Hall–Kier alpha value is -1.06. The molecule has 1 aliphatic carbocycles. The predicted molar refractivity (Wildman–Crippen MR) is 92.1 cm³/mol. The summed E-state index contributed by atoms with van der Waals surface area (Å²) in [6.45, 7) is 2.17. The minimum Gasteiger partial charge on any atom is -0.377 e. The highest BCUT2D eigenvalue weighted by atomic mass is 79.9. The van der Waals surface area contributed by atoms with Gasteiger partial charge in [-0.05, 0) is 71.3 Å². The summed E-state index contributed by atoms with van der Waals surface area (Å²) in [6.07, 6.45) is 6.84. The Morgan fingerprint density at radius 1 is 1.19 bits per heavy atom. The Kier molecular flexibility index (Phi) is 4.51. The summed E-state index contributed by atoms with van der Waals surface area (Å²) in [4.78, 5) is 4.15. The summed E-state index contributed by atoms with van der Waals surface area (Å²) >= 11 is 9.33. The third-order valence-corrected chi connectivity index (χ3v) is 5.19. The number of pyridine rings is 1. The fourth-order valence-corrected chi connectivity index (χ4v) is 3.31. The number of hydrogen-bond acceptors (Lipinski definition) is 2. The van der Waals surface area contributed by atoms with E-state index in [0.29, 0.717) is 5.15 Å². The fraction of sp³-hybridized carbons (Fsp3) is 0.353. The zero-order valence-corrected chi connectivity index (χ0v) is 14.3. The van der Waals surface area contributed by atoms with Crippen molar-refractivity contribution in [2.24, 2.45) is 0 Å². The van der Waals surface area contributed by atoms with Gasteiger partial charge in [-0.25, -0.2) is 4.98 Å². The Morgan fingerprint density at radius 3 is 2.71 bits per heavy atom. The van der Waals surface area contributed by atoms with Gasteiger partial charge in [0.2, 0.25) is 0 Å². The first kappa shape index (κ1) is 14.9. The number of aromatic nitrogens is 1. The van der Waals surface area contributed by atoms with E-state index >= 15 is 0 Å². The molecule has 0 saturated carbocycles. The van der Waals surface area contributed by atoms with E-state index in [-0.39, 0.29) is 6.04 Å². The van der Waals surface area contributed by atoms with E-state index in [2.05, 4.69) is 51.4 Å². The van der Waals surface area contributed by atoms with Gasteiger partial charge in [0.15, 0.2) is 0 Å². The number of nitrogens with one attached hydrogen (secondary N) is 1. The van der Waals surface area contributed by atoms with Crippen LogP contribution < -0.4 is 5.32 Å². The Morgan fingerprint density at radius 2 is 1.95 bits per heavy atom. The monoisotopic (exact) mass is 364 g/mol. The van der Waals surface area contributed by atoms with Crippen LogP contribution in [-0.2, 0) is 12.8 Å². The molecule has 2 aromatic rings. The molecule has 4 heteroatoms.